The molecule has 0 radical (unpaired) electrons. The molecule has 3 aliphatic heterocycles. The lowest BCUT2D eigenvalue weighted by atomic mass is 9.85. The molecular formula is C17H20ClFN6O5. The molecule has 30 heavy (non-hydrogen) atoms. The Balaban J connectivity index is 1.74. The van der Waals surface area contributed by atoms with E-state index in [-0.39, 0.29) is 22.5 Å². The van der Waals surface area contributed by atoms with E-state index >= 15 is 0 Å². The number of hydrogen-bond donors (Lipinski definition) is 8. The normalized spacial score (nSPS) is 33.9. The van der Waals surface area contributed by atoms with Crippen LogP contribution in [0.3, 0.4) is 0 Å². The van der Waals surface area contributed by atoms with Gasteiger partial charge < -0.3 is 40.9 Å². The molecule has 1 spiro atoms. The minimum Gasteiger partial charge on any atom is -0.451 e. The molecule has 8 N–H and O–H groups in total. The lowest BCUT2D eigenvalue weighted by Gasteiger charge is -2.51. The number of aliphatic hydroxyl groups excluding tert-OH is 1. The van der Waals surface area contributed by atoms with Crippen LogP contribution in [0.1, 0.15) is 17.3 Å². The van der Waals surface area contributed by atoms with Crippen LogP contribution in [0, 0.1) is 16.6 Å². The van der Waals surface area contributed by atoms with Gasteiger partial charge in [-0.05, 0) is 25.1 Å². The standard InChI is InChI=1S/C17H20ClFN6O5/c1-6-12(30-13(27)8-3-2-7(19)4-9(8)18)17(28,29)16-11(23-14(20)24-16)10(5-26)22-15(21)25(6)16/h2-4,6,10-12,26,28-29H,5H2,1H3,(H2,21,22)(H3,20,23,24)/t6-,10-,11-,12-,16-/m0/s1. The summed E-state index contributed by atoms with van der Waals surface area (Å²) in [5.74, 6) is -4.98. The van der Waals surface area contributed by atoms with E-state index in [1.165, 1.54) is 11.8 Å². The summed E-state index contributed by atoms with van der Waals surface area (Å²) in [6.45, 7) is 1.04. The van der Waals surface area contributed by atoms with Gasteiger partial charge in [-0.25, -0.2) is 9.18 Å². The molecule has 3 aliphatic rings. The smallest absolute Gasteiger partial charge is 0.340 e. The molecule has 0 bridgehead atoms. The summed E-state index contributed by atoms with van der Waals surface area (Å²) in [6.07, 6.45) is -1.59. The van der Waals surface area contributed by atoms with Crippen LogP contribution in [0.2, 0.25) is 5.02 Å². The average Bonchev–Trinajstić information content (AvgIpc) is 3.09. The number of aliphatic hydroxyl groups is 3. The molecule has 5 atom stereocenters. The van der Waals surface area contributed by atoms with Crippen molar-refractivity contribution < 1.29 is 29.2 Å². The van der Waals surface area contributed by atoms with Crippen molar-refractivity contribution in [2.45, 2.75) is 42.6 Å². The van der Waals surface area contributed by atoms with Gasteiger partial charge in [0.05, 0.1) is 35.3 Å². The Morgan fingerprint density at radius 3 is 2.70 bits per heavy atom. The second kappa shape index (κ2) is 6.67. The summed E-state index contributed by atoms with van der Waals surface area (Å²) in [6, 6.07) is 0.315. The van der Waals surface area contributed by atoms with Gasteiger partial charge in [0.1, 0.15) is 5.82 Å². The first-order valence-corrected chi connectivity index (χ1v) is 9.41. The number of nitrogens with one attached hydrogen (secondary N) is 5. The molecule has 0 unspecified atom stereocenters. The highest BCUT2D eigenvalue weighted by molar-refractivity contribution is 6.33. The van der Waals surface area contributed by atoms with Gasteiger partial charge in [-0.1, -0.05) is 11.6 Å². The summed E-state index contributed by atoms with van der Waals surface area (Å²) in [4.78, 5) is 13.9. The van der Waals surface area contributed by atoms with Gasteiger partial charge in [-0.15, -0.1) is 0 Å². The van der Waals surface area contributed by atoms with Gasteiger partial charge in [0.15, 0.2) is 23.7 Å². The van der Waals surface area contributed by atoms with Crippen molar-refractivity contribution in [3.05, 3.63) is 34.6 Å². The third-order valence-corrected chi connectivity index (χ3v) is 6.11. The number of hydrogen-bond acceptors (Lipinski definition) is 7. The topological polar surface area (TPSA) is 174 Å². The maximum absolute atomic E-state index is 13.3. The number of carbonyl (C=O) groups is 1. The van der Waals surface area contributed by atoms with Crippen molar-refractivity contribution in [3.63, 3.8) is 0 Å². The summed E-state index contributed by atoms with van der Waals surface area (Å²) in [7, 11) is 0. The monoisotopic (exact) mass is 442 g/mol. The number of nitrogens with zero attached hydrogens (tertiary/aromatic N) is 1. The predicted octanol–water partition coefficient (Wildman–Crippen LogP) is -1.52. The number of guanidine groups is 2. The summed E-state index contributed by atoms with van der Waals surface area (Å²) >= 11 is 5.91. The van der Waals surface area contributed by atoms with Crippen LogP contribution in [-0.4, -0.2) is 80.4 Å². The van der Waals surface area contributed by atoms with E-state index in [4.69, 9.17) is 27.2 Å². The van der Waals surface area contributed by atoms with Crippen molar-refractivity contribution in [2.24, 2.45) is 0 Å². The van der Waals surface area contributed by atoms with Gasteiger partial charge in [0, 0.05) is 0 Å². The van der Waals surface area contributed by atoms with Crippen molar-refractivity contribution in [2.75, 3.05) is 6.61 Å². The van der Waals surface area contributed by atoms with E-state index in [2.05, 4.69) is 16.0 Å². The van der Waals surface area contributed by atoms with Gasteiger partial charge in [-0.2, -0.15) is 0 Å². The molecule has 1 aromatic rings. The molecule has 0 amide bonds. The van der Waals surface area contributed by atoms with Crippen LogP contribution in [-0.2, 0) is 4.74 Å². The number of carbonyl (C=O) groups excluding carboxylic acids is 1. The van der Waals surface area contributed by atoms with E-state index in [1.807, 2.05) is 0 Å². The maximum atomic E-state index is 13.3. The van der Waals surface area contributed by atoms with E-state index in [1.54, 1.807) is 0 Å². The highest BCUT2D eigenvalue weighted by Crippen LogP contribution is 2.47. The lowest BCUT2D eigenvalue weighted by molar-refractivity contribution is -0.258. The molecule has 0 aromatic heterocycles. The summed E-state index contributed by atoms with van der Waals surface area (Å²) < 4.78 is 18.7. The van der Waals surface area contributed by atoms with Gasteiger partial charge in [0.2, 0.25) is 5.79 Å². The fourth-order valence-corrected chi connectivity index (χ4v) is 4.79. The Morgan fingerprint density at radius 1 is 1.37 bits per heavy atom. The van der Waals surface area contributed by atoms with Crippen molar-refractivity contribution >= 4 is 29.5 Å². The van der Waals surface area contributed by atoms with Crippen molar-refractivity contribution in [3.8, 4) is 0 Å². The first kappa shape index (κ1) is 20.6. The molecular weight excluding hydrogens is 423 g/mol. The van der Waals surface area contributed by atoms with Crippen LogP contribution in [0.4, 0.5) is 4.39 Å². The molecule has 3 saturated heterocycles. The van der Waals surface area contributed by atoms with E-state index in [0.29, 0.717) is 0 Å². The second-order valence-electron chi connectivity index (χ2n) is 7.46. The van der Waals surface area contributed by atoms with Gasteiger partial charge in [0.25, 0.3) is 0 Å². The number of rotatable bonds is 3. The molecule has 1 aromatic carbocycles. The van der Waals surface area contributed by atoms with Crippen LogP contribution in [0.15, 0.2) is 18.2 Å². The Labute approximate surface area is 174 Å². The van der Waals surface area contributed by atoms with Crippen LogP contribution >= 0.6 is 11.6 Å². The largest absolute Gasteiger partial charge is 0.451 e. The van der Waals surface area contributed by atoms with Gasteiger partial charge >= 0.3 is 5.97 Å². The number of ether oxygens (including phenoxy) is 1. The van der Waals surface area contributed by atoms with Crippen LogP contribution in [0.5, 0.6) is 0 Å². The second-order valence-corrected chi connectivity index (χ2v) is 7.86. The molecule has 13 heteroatoms. The van der Waals surface area contributed by atoms with Crippen LogP contribution in [0.25, 0.3) is 0 Å². The van der Waals surface area contributed by atoms with Crippen molar-refractivity contribution in [1.29, 1.82) is 10.8 Å². The first-order valence-electron chi connectivity index (χ1n) is 9.04. The third-order valence-electron chi connectivity index (χ3n) is 5.80. The van der Waals surface area contributed by atoms with Gasteiger partial charge in [-0.3, -0.25) is 10.8 Å². The Bertz CT molecular complexity index is 947. The maximum Gasteiger partial charge on any atom is 0.340 e. The Hall–Kier alpha value is -2.67. The Kier molecular flexibility index (Phi) is 4.58. The average molecular weight is 443 g/mol. The highest BCUT2D eigenvalue weighted by atomic mass is 35.5. The third kappa shape index (κ3) is 2.57. The lowest BCUT2D eigenvalue weighted by Crippen LogP contribution is -2.81. The molecule has 162 valence electrons. The SMILES string of the molecule is C[C@H]1[C@H](OC(=O)c2ccc(F)cc2Cl)C(O)(O)[C@]23NC(=N)N[C@H]2[C@H](CO)NC(=N)N13. The fraction of sp³-hybridized carbons (Fsp3) is 0.471. The minimum absolute atomic E-state index is 0.174. The molecule has 0 aliphatic carbocycles. The zero-order valence-corrected chi connectivity index (χ0v) is 16.4. The number of benzene rings is 1. The van der Waals surface area contributed by atoms with E-state index < -0.39 is 54.1 Å². The van der Waals surface area contributed by atoms with E-state index in [9.17, 15) is 24.5 Å². The Morgan fingerprint density at radius 2 is 2.07 bits per heavy atom. The zero-order valence-electron chi connectivity index (χ0n) is 15.6. The molecule has 11 nitrogen and oxygen atoms in total. The molecule has 3 fully saturated rings. The molecule has 3 heterocycles. The highest BCUT2D eigenvalue weighted by Gasteiger charge is 2.77. The number of halogens is 2. The fourth-order valence-electron chi connectivity index (χ4n) is 4.55. The molecule has 0 saturated carbocycles. The summed E-state index contributed by atoms with van der Waals surface area (Å²) in [5.41, 5.74) is -2.05. The first-order chi connectivity index (χ1) is 14.0. The van der Waals surface area contributed by atoms with E-state index in [0.717, 1.165) is 18.2 Å². The van der Waals surface area contributed by atoms with Crippen molar-refractivity contribution in [1.82, 2.24) is 20.9 Å². The quantitative estimate of drug-likeness (QED) is 0.204. The predicted molar refractivity (Wildman–Crippen MR) is 101 cm³/mol. The van der Waals surface area contributed by atoms with Crippen LogP contribution < -0.4 is 16.0 Å². The number of esters is 1. The zero-order chi connectivity index (χ0) is 22.0. The summed E-state index contributed by atoms with van der Waals surface area (Å²) in [5, 5.41) is 56.2. The minimum atomic E-state index is -2.79. The molecule has 4 rings (SSSR count).